The Morgan fingerprint density at radius 2 is 0.738 bits per heavy atom. The predicted molar refractivity (Wildman–Crippen MR) is 255 cm³/mol. The molecule has 0 spiro atoms. The Labute approximate surface area is 353 Å². The van der Waals surface area contributed by atoms with Crippen LogP contribution < -0.4 is 4.90 Å². The van der Waals surface area contributed by atoms with E-state index in [0.717, 1.165) is 105 Å². The topological polar surface area (TPSA) is 29.5 Å². The summed E-state index contributed by atoms with van der Waals surface area (Å²) >= 11 is 0. The van der Waals surface area contributed by atoms with Gasteiger partial charge in [-0.05, 0) is 87.1 Å². The minimum Gasteiger partial charge on any atom is -0.455 e. The number of fused-ring (bicyclic) bond motifs is 7. The number of anilines is 3. The Kier molecular flexibility index (Phi) is 8.17. The van der Waals surface area contributed by atoms with Gasteiger partial charge in [-0.1, -0.05) is 176 Å². The third kappa shape index (κ3) is 5.98. The lowest BCUT2D eigenvalue weighted by Gasteiger charge is -2.26. The number of hydrogen-bond acceptors (Lipinski definition) is 3. The zero-order valence-electron chi connectivity index (χ0n) is 33.1. The van der Waals surface area contributed by atoms with Gasteiger partial charge in [0, 0.05) is 55.3 Å². The molecule has 10 aromatic carbocycles. The van der Waals surface area contributed by atoms with Crippen molar-refractivity contribution < 1.29 is 8.83 Å². The molecular weight excluding hydrogens is 743 g/mol. The number of hydrogen-bond donors (Lipinski definition) is 0. The number of furan rings is 2. The molecular formula is C58H37NO2. The van der Waals surface area contributed by atoms with Crippen LogP contribution in [0.25, 0.3) is 99.2 Å². The van der Waals surface area contributed by atoms with Crippen LogP contribution in [-0.4, -0.2) is 0 Å². The van der Waals surface area contributed by atoms with E-state index in [2.05, 4.69) is 211 Å². The second-order valence-corrected chi connectivity index (χ2v) is 15.7. The summed E-state index contributed by atoms with van der Waals surface area (Å²) in [6.45, 7) is 0. The van der Waals surface area contributed by atoms with E-state index < -0.39 is 0 Å². The Hall–Kier alpha value is -8.14. The average Bonchev–Trinajstić information content (AvgIpc) is 3.91. The first kappa shape index (κ1) is 34.9. The summed E-state index contributed by atoms with van der Waals surface area (Å²) in [4.78, 5) is 2.34. The molecule has 0 aliphatic heterocycles. The monoisotopic (exact) mass is 779 g/mol. The summed E-state index contributed by atoms with van der Waals surface area (Å²) in [5.74, 6) is 0. The summed E-state index contributed by atoms with van der Waals surface area (Å²) in [5, 5.41) is 6.92. The van der Waals surface area contributed by atoms with Crippen molar-refractivity contribution in [2.75, 3.05) is 4.90 Å². The largest absolute Gasteiger partial charge is 0.455 e. The van der Waals surface area contributed by atoms with Crippen LogP contribution in [0.15, 0.2) is 233 Å². The summed E-state index contributed by atoms with van der Waals surface area (Å²) < 4.78 is 13.2. The maximum Gasteiger partial charge on any atom is 0.143 e. The molecule has 3 heteroatoms. The quantitative estimate of drug-likeness (QED) is 0.161. The van der Waals surface area contributed by atoms with Crippen LogP contribution in [0, 0.1) is 0 Å². The normalized spacial score (nSPS) is 11.6. The van der Waals surface area contributed by atoms with Crippen LogP contribution >= 0.6 is 0 Å². The van der Waals surface area contributed by atoms with Crippen molar-refractivity contribution >= 4 is 71.7 Å². The number of nitrogens with zero attached hydrogens (tertiary/aromatic N) is 1. The smallest absolute Gasteiger partial charge is 0.143 e. The molecule has 3 nitrogen and oxygen atoms in total. The molecule has 12 aromatic rings. The third-order valence-electron chi connectivity index (χ3n) is 12.1. The van der Waals surface area contributed by atoms with E-state index in [1.807, 2.05) is 18.2 Å². The van der Waals surface area contributed by atoms with Gasteiger partial charge in [-0.25, -0.2) is 0 Å². The lowest BCUT2D eigenvalue weighted by atomic mass is 9.97. The van der Waals surface area contributed by atoms with Crippen molar-refractivity contribution in [3.05, 3.63) is 224 Å². The van der Waals surface area contributed by atoms with Gasteiger partial charge >= 0.3 is 0 Å². The van der Waals surface area contributed by atoms with Crippen molar-refractivity contribution in [3.63, 3.8) is 0 Å². The summed E-state index contributed by atoms with van der Waals surface area (Å²) in [5.41, 5.74) is 15.8. The molecule has 0 saturated heterocycles. The maximum absolute atomic E-state index is 6.78. The van der Waals surface area contributed by atoms with Crippen molar-refractivity contribution in [1.29, 1.82) is 0 Å². The minimum absolute atomic E-state index is 0.902. The van der Waals surface area contributed by atoms with E-state index in [9.17, 15) is 0 Å². The van der Waals surface area contributed by atoms with Crippen LogP contribution in [0.5, 0.6) is 0 Å². The zero-order chi connectivity index (χ0) is 40.3. The highest BCUT2D eigenvalue weighted by atomic mass is 16.3. The molecule has 61 heavy (non-hydrogen) atoms. The minimum atomic E-state index is 0.902. The third-order valence-corrected chi connectivity index (χ3v) is 12.1. The lowest BCUT2D eigenvalue weighted by molar-refractivity contribution is 0.670. The van der Waals surface area contributed by atoms with E-state index in [-0.39, 0.29) is 0 Å². The first-order chi connectivity index (χ1) is 30.2. The van der Waals surface area contributed by atoms with Gasteiger partial charge in [0.2, 0.25) is 0 Å². The van der Waals surface area contributed by atoms with Gasteiger partial charge < -0.3 is 13.7 Å². The van der Waals surface area contributed by atoms with E-state index >= 15 is 0 Å². The maximum atomic E-state index is 6.78. The standard InChI is InChI=1S/C58H37NO2/c1-2-13-40(14-3-1)48-19-10-23-53-54-24-11-21-50(58(54)61-57(48)53)44-17-8-16-42(36-44)39-26-31-45(32-27-39)59(47-35-28-38-12-4-5-15-43(38)37-47)46-33-29-41(30-34-46)49-20-9-22-52-51-18-6-7-25-55(51)60-56(49)52/h1-37H. The second kappa shape index (κ2) is 14.3. The first-order valence-corrected chi connectivity index (χ1v) is 20.7. The average molecular weight is 780 g/mol. The van der Waals surface area contributed by atoms with Gasteiger partial charge in [0.25, 0.3) is 0 Å². The highest BCUT2D eigenvalue weighted by Gasteiger charge is 2.18. The van der Waals surface area contributed by atoms with E-state index in [0.29, 0.717) is 0 Å². The second-order valence-electron chi connectivity index (χ2n) is 15.7. The summed E-state index contributed by atoms with van der Waals surface area (Å²) in [7, 11) is 0. The van der Waals surface area contributed by atoms with Crippen molar-refractivity contribution in [2.24, 2.45) is 0 Å². The van der Waals surface area contributed by atoms with Crippen molar-refractivity contribution in [1.82, 2.24) is 0 Å². The van der Waals surface area contributed by atoms with Gasteiger partial charge in [-0.15, -0.1) is 0 Å². The molecule has 0 unspecified atom stereocenters. The Morgan fingerprint density at radius 3 is 1.44 bits per heavy atom. The van der Waals surface area contributed by atoms with Crippen LogP contribution in [-0.2, 0) is 0 Å². The summed E-state index contributed by atoms with van der Waals surface area (Å²) in [6.07, 6.45) is 0. The molecule has 2 aromatic heterocycles. The van der Waals surface area contributed by atoms with E-state index in [4.69, 9.17) is 8.83 Å². The Balaban J connectivity index is 0.913. The molecule has 0 fully saturated rings. The molecule has 0 bridgehead atoms. The molecule has 2 heterocycles. The van der Waals surface area contributed by atoms with Crippen LogP contribution in [0.4, 0.5) is 17.1 Å². The van der Waals surface area contributed by atoms with Crippen LogP contribution in [0.1, 0.15) is 0 Å². The molecule has 0 aliphatic rings. The van der Waals surface area contributed by atoms with Gasteiger partial charge in [-0.2, -0.15) is 0 Å². The van der Waals surface area contributed by atoms with E-state index in [1.165, 1.54) is 10.8 Å². The number of benzene rings is 10. The SMILES string of the molecule is c1ccc(-c2cccc3c2oc2c(-c4cccc(-c5ccc(N(c6ccc(-c7cccc8c7oc7ccccc78)cc6)c6ccc7ccccc7c6)cc5)c4)cccc23)cc1. The molecule has 0 atom stereocenters. The van der Waals surface area contributed by atoms with Crippen molar-refractivity contribution in [3.8, 4) is 44.5 Å². The fourth-order valence-corrected chi connectivity index (χ4v) is 9.09. The molecule has 286 valence electrons. The van der Waals surface area contributed by atoms with Crippen LogP contribution in [0.3, 0.4) is 0 Å². The Bertz CT molecular complexity index is 3580. The van der Waals surface area contributed by atoms with Gasteiger partial charge in [-0.3, -0.25) is 0 Å². The number of rotatable bonds is 7. The van der Waals surface area contributed by atoms with Crippen molar-refractivity contribution in [2.45, 2.75) is 0 Å². The highest BCUT2D eigenvalue weighted by molar-refractivity contribution is 6.13. The van der Waals surface area contributed by atoms with Gasteiger partial charge in [0.1, 0.15) is 22.3 Å². The molecule has 0 radical (unpaired) electrons. The molecule has 0 saturated carbocycles. The Morgan fingerprint density at radius 1 is 0.262 bits per heavy atom. The highest BCUT2D eigenvalue weighted by Crippen LogP contribution is 2.43. The molecule has 0 amide bonds. The number of para-hydroxylation sites is 4. The summed E-state index contributed by atoms with van der Waals surface area (Å²) in [6, 6.07) is 79.8. The predicted octanol–water partition coefficient (Wildman–Crippen LogP) is 16.8. The molecule has 0 aliphatic carbocycles. The zero-order valence-corrected chi connectivity index (χ0v) is 33.1. The van der Waals surface area contributed by atoms with Gasteiger partial charge in [0.15, 0.2) is 0 Å². The molecule has 0 N–H and O–H groups in total. The first-order valence-electron chi connectivity index (χ1n) is 20.7. The fraction of sp³-hybridized carbons (Fsp3) is 0. The molecule has 12 rings (SSSR count). The fourth-order valence-electron chi connectivity index (χ4n) is 9.09. The van der Waals surface area contributed by atoms with Gasteiger partial charge in [0.05, 0.1) is 0 Å². The van der Waals surface area contributed by atoms with Crippen LogP contribution in [0.2, 0.25) is 0 Å². The lowest BCUT2D eigenvalue weighted by Crippen LogP contribution is -2.09. The van der Waals surface area contributed by atoms with E-state index in [1.54, 1.807) is 0 Å².